The van der Waals surface area contributed by atoms with Crippen LogP contribution in [-0.4, -0.2) is 53.9 Å². The molecule has 0 atom stereocenters. The minimum atomic E-state index is -0.0456. The van der Waals surface area contributed by atoms with Gasteiger partial charge in [0.15, 0.2) is 0 Å². The maximum absolute atomic E-state index is 2.40. The Bertz CT molecular complexity index is 147. The van der Waals surface area contributed by atoms with Crippen LogP contribution in [0.5, 0.6) is 0 Å². The fraction of sp³-hybridized carbons (Fsp3) is 1.00. The van der Waals surface area contributed by atoms with Crippen LogP contribution in [0.25, 0.3) is 0 Å². The number of unbranched alkanes of at least 4 members (excludes halogenated alkanes) is 2. The zero-order chi connectivity index (χ0) is 11.0. The van der Waals surface area contributed by atoms with E-state index < -0.39 is 0 Å². The van der Waals surface area contributed by atoms with E-state index in [-0.39, 0.29) is 42.3 Å². The first-order valence-corrected chi connectivity index (χ1v) is 15.0. The number of rotatable bonds is 8. The Morgan fingerprint density at radius 1 is 0.933 bits per heavy atom. The van der Waals surface area contributed by atoms with Crippen molar-refractivity contribution in [2.24, 2.45) is 0 Å². The van der Waals surface area contributed by atoms with Crippen molar-refractivity contribution in [3.63, 3.8) is 0 Å². The van der Waals surface area contributed by atoms with Crippen LogP contribution in [0.3, 0.4) is 0 Å². The summed E-state index contributed by atoms with van der Waals surface area (Å²) in [6.45, 7) is 4.69. The van der Waals surface area contributed by atoms with Crippen LogP contribution in [0.2, 0.25) is 8.87 Å². The molecule has 1 heterocycles. The van der Waals surface area contributed by atoms with Crippen molar-refractivity contribution in [1.29, 1.82) is 0 Å². The van der Waals surface area contributed by atoms with Crippen molar-refractivity contribution >= 4 is 65.8 Å². The van der Waals surface area contributed by atoms with E-state index >= 15 is 0 Å². The third-order valence-corrected chi connectivity index (χ3v) is 26.8. The summed E-state index contributed by atoms with van der Waals surface area (Å²) in [5.41, 5.74) is 0. The van der Waals surface area contributed by atoms with E-state index in [1.54, 1.807) is 8.87 Å². The molecule has 1 aliphatic heterocycles. The van der Waals surface area contributed by atoms with Gasteiger partial charge in [-0.2, -0.15) is 0 Å². The van der Waals surface area contributed by atoms with Gasteiger partial charge in [-0.25, -0.2) is 0 Å². The molecule has 0 bridgehead atoms. The number of hydrogen-bond acceptors (Lipinski definition) is 2. The minimum absolute atomic E-state index is 0.0456. The Kier molecular flexibility index (Phi) is 9.48. The van der Waals surface area contributed by atoms with Gasteiger partial charge in [-0.3, -0.25) is 0 Å². The van der Waals surface area contributed by atoms with Crippen LogP contribution in [0, 0.1) is 0 Å². The Morgan fingerprint density at radius 2 is 1.40 bits per heavy atom. The van der Waals surface area contributed by atoms with Gasteiger partial charge in [0, 0.05) is 0 Å². The van der Waals surface area contributed by atoms with Crippen LogP contribution in [0.1, 0.15) is 39.5 Å². The standard InChI is InChI=1S/2C4H9.C3H4S2.2Sn/c2*1-3-4-2;1-2-5-3-4-1;;/h2*1,3-4H2,2H3;1-2H2;;. The average molecular weight is 456 g/mol. The van der Waals surface area contributed by atoms with Gasteiger partial charge >= 0.3 is 126 Å². The first-order chi connectivity index (χ1) is 7.33. The Morgan fingerprint density at radius 3 is 1.80 bits per heavy atom. The van der Waals surface area contributed by atoms with Crippen LogP contribution in [0.15, 0.2) is 0 Å². The van der Waals surface area contributed by atoms with Crippen molar-refractivity contribution < 1.29 is 0 Å². The van der Waals surface area contributed by atoms with Gasteiger partial charge in [0.2, 0.25) is 0 Å². The SMILES string of the molecule is CCC[CH2][Sn][C]1([Sn][CH2]CCC)SCCS1. The van der Waals surface area contributed by atoms with Crippen molar-refractivity contribution in [2.75, 3.05) is 11.5 Å². The molecule has 1 rings (SSSR count). The quantitative estimate of drug-likeness (QED) is 0.402. The number of hydrogen-bond donors (Lipinski definition) is 0. The molecular formula is C11H22S2Sn2. The molecule has 0 spiro atoms. The molecule has 4 heteroatoms. The van der Waals surface area contributed by atoms with Gasteiger partial charge in [0.1, 0.15) is 0 Å². The summed E-state index contributed by atoms with van der Waals surface area (Å²) < 4.78 is 4.29. The summed E-state index contributed by atoms with van der Waals surface area (Å²) in [4.78, 5) is 0. The van der Waals surface area contributed by atoms with Crippen LogP contribution in [0.4, 0.5) is 0 Å². The average Bonchev–Trinajstić information content (AvgIpc) is 2.68. The second kappa shape index (κ2) is 9.26. The molecule has 15 heavy (non-hydrogen) atoms. The molecule has 0 aliphatic carbocycles. The Balaban J connectivity index is 2.26. The van der Waals surface area contributed by atoms with Crippen molar-refractivity contribution in [1.82, 2.24) is 0 Å². The first kappa shape index (κ1) is 15.4. The molecule has 0 saturated carbocycles. The van der Waals surface area contributed by atoms with Gasteiger partial charge in [0.25, 0.3) is 0 Å². The van der Waals surface area contributed by atoms with E-state index in [0.717, 1.165) is 0.111 Å². The van der Waals surface area contributed by atoms with Gasteiger partial charge in [-0.1, -0.05) is 0 Å². The molecule has 0 amide bonds. The van der Waals surface area contributed by atoms with Gasteiger partial charge in [0.05, 0.1) is 0 Å². The Labute approximate surface area is 124 Å². The predicted molar refractivity (Wildman–Crippen MR) is 78.6 cm³/mol. The topological polar surface area (TPSA) is 0 Å². The molecule has 4 radical (unpaired) electrons. The van der Waals surface area contributed by atoms with Gasteiger partial charge in [-0.15, -0.1) is 0 Å². The van der Waals surface area contributed by atoms with E-state index in [9.17, 15) is 0 Å². The molecular weight excluding hydrogens is 434 g/mol. The summed E-state index contributed by atoms with van der Waals surface area (Å²) in [5, 5.41) is 0. The predicted octanol–water partition coefficient (Wildman–Crippen LogP) is 3.92. The molecule has 0 aromatic carbocycles. The van der Waals surface area contributed by atoms with E-state index in [4.69, 9.17) is 0 Å². The Hall–Kier alpha value is 2.30. The van der Waals surface area contributed by atoms with Crippen LogP contribution in [-0.2, 0) is 0 Å². The molecule has 0 N–H and O–H groups in total. The monoisotopic (exact) mass is 458 g/mol. The summed E-state index contributed by atoms with van der Waals surface area (Å²) in [6.07, 6.45) is 5.91. The van der Waals surface area contributed by atoms with Gasteiger partial charge < -0.3 is 0 Å². The fourth-order valence-electron chi connectivity index (χ4n) is 1.54. The number of thioether (sulfide) groups is 2. The molecule has 1 aliphatic rings. The molecule has 1 fully saturated rings. The molecule has 0 aromatic heterocycles. The van der Waals surface area contributed by atoms with E-state index in [1.165, 1.54) is 37.2 Å². The van der Waals surface area contributed by atoms with Crippen molar-refractivity contribution in [3.05, 3.63) is 0 Å². The van der Waals surface area contributed by atoms with E-state index in [2.05, 4.69) is 37.4 Å². The molecule has 0 unspecified atom stereocenters. The van der Waals surface area contributed by atoms with E-state index in [0.29, 0.717) is 0 Å². The van der Waals surface area contributed by atoms with Gasteiger partial charge in [-0.05, 0) is 0 Å². The fourth-order valence-corrected chi connectivity index (χ4v) is 26.2. The molecule has 1 saturated heterocycles. The first-order valence-electron chi connectivity index (χ1n) is 6.11. The molecule has 86 valence electrons. The molecule has 0 nitrogen and oxygen atoms in total. The second-order valence-corrected chi connectivity index (χ2v) is 24.1. The third kappa shape index (κ3) is 6.14. The molecule has 0 aromatic rings. The summed E-state index contributed by atoms with van der Waals surface area (Å²) >= 11 is 4.72. The summed E-state index contributed by atoms with van der Waals surface area (Å²) in [5.74, 6) is 2.95. The normalized spacial score (nSPS) is 19.6. The van der Waals surface area contributed by atoms with E-state index in [1.807, 2.05) is 0 Å². The second-order valence-electron chi connectivity index (χ2n) is 3.87. The maximum atomic E-state index is 2.40. The zero-order valence-corrected chi connectivity index (χ0v) is 17.3. The van der Waals surface area contributed by atoms with Crippen molar-refractivity contribution in [2.45, 2.75) is 48.5 Å². The van der Waals surface area contributed by atoms with Crippen LogP contribution >= 0.6 is 23.5 Å². The summed E-state index contributed by atoms with van der Waals surface area (Å²) in [6, 6.07) is 0. The zero-order valence-electron chi connectivity index (χ0n) is 9.97. The summed E-state index contributed by atoms with van der Waals surface area (Å²) in [7, 11) is 0. The third-order valence-electron chi connectivity index (χ3n) is 2.47. The van der Waals surface area contributed by atoms with Crippen LogP contribution < -0.4 is 0 Å². The van der Waals surface area contributed by atoms with Crippen molar-refractivity contribution in [3.8, 4) is 0 Å².